The van der Waals surface area contributed by atoms with Crippen molar-refractivity contribution in [3.63, 3.8) is 0 Å². The zero-order chi connectivity index (χ0) is 19.1. The monoisotopic (exact) mass is 377 g/mol. The number of pyridine rings is 1. The molecule has 0 fully saturated rings. The van der Waals surface area contributed by atoms with Gasteiger partial charge in [-0.1, -0.05) is 25.6 Å². The van der Waals surface area contributed by atoms with E-state index in [1.54, 1.807) is 13.8 Å². The molecule has 2 heterocycles. The van der Waals surface area contributed by atoms with Crippen molar-refractivity contribution in [2.45, 2.75) is 25.4 Å². The number of allylic oxidation sites excluding steroid dienone is 1. The van der Waals surface area contributed by atoms with Crippen molar-refractivity contribution >= 4 is 35.0 Å². The normalized spacial score (nSPS) is 18.2. The summed E-state index contributed by atoms with van der Waals surface area (Å²) in [6, 6.07) is 2.02. The first-order chi connectivity index (χ1) is 11.4. The molecule has 1 aromatic heterocycles. The van der Waals surface area contributed by atoms with E-state index >= 15 is 0 Å². The van der Waals surface area contributed by atoms with Gasteiger partial charge in [0.15, 0.2) is 0 Å². The molecule has 0 saturated heterocycles. The number of rotatable bonds is 4. The first-order valence-electron chi connectivity index (χ1n) is 6.93. The van der Waals surface area contributed by atoms with Crippen molar-refractivity contribution in [1.29, 1.82) is 0 Å². The Hall–Kier alpha value is -2.50. The number of nitro groups is 1. The number of nitrogen functional groups attached to an aromatic ring is 1. The summed E-state index contributed by atoms with van der Waals surface area (Å²) in [6.45, 7) is 3.33. The quantitative estimate of drug-likeness (QED) is 0.609. The lowest BCUT2D eigenvalue weighted by molar-refractivity contribution is -0.384. The highest BCUT2D eigenvalue weighted by Crippen LogP contribution is 2.49. The third-order valence-electron chi connectivity index (χ3n) is 3.34. The molecule has 1 aliphatic rings. The Morgan fingerprint density at radius 3 is 2.44 bits per heavy atom. The molecule has 4 N–H and O–H groups in total. The van der Waals surface area contributed by atoms with Crippen LogP contribution in [0.15, 0.2) is 22.7 Å². The topological polar surface area (TPSA) is 128 Å². The number of nitrogens with two attached hydrogens (primary N) is 2. The predicted octanol–water partition coefficient (Wildman–Crippen LogP) is 2.37. The summed E-state index contributed by atoms with van der Waals surface area (Å²) in [5.41, 5.74) is 8.82. The summed E-state index contributed by atoms with van der Waals surface area (Å²) in [7, 11) is 0. The van der Waals surface area contributed by atoms with Crippen LogP contribution >= 0.6 is 11.8 Å². The first kappa shape index (κ1) is 18.8. The van der Waals surface area contributed by atoms with E-state index in [2.05, 4.69) is 4.98 Å². The zero-order valence-corrected chi connectivity index (χ0v) is 13.9. The number of primary amides is 1. The second kappa shape index (κ2) is 6.43. The van der Waals surface area contributed by atoms with Gasteiger partial charge >= 0.3 is 11.9 Å². The van der Waals surface area contributed by atoms with Gasteiger partial charge in [0, 0.05) is 6.07 Å². The van der Waals surface area contributed by atoms with E-state index in [0.717, 1.165) is 17.0 Å². The van der Waals surface area contributed by atoms with E-state index in [1.807, 2.05) is 0 Å². The van der Waals surface area contributed by atoms with Gasteiger partial charge in [0.1, 0.15) is 16.4 Å². The van der Waals surface area contributed by atoms with Crippen LogP contribution in [-0.2, 0) is 4.79 Å². The Kier molecular flexibility index (Phi) is 4.84. The van der Waals surface area contributed by atoms with Crippen LogP contribution < -0.4 is 16.4 Å². The molecule has 0 radical (unpaired) electrons. The number of amides is 1. The Morgan fingerprint density at radius 1 is 1.44 bits per heavy atom. The van der Waals surface area contributed by atoms with Gasteiger partial charge in [0.05, 0.1) is 10.3 Å². The van der Waals surface area contributed by atoms with Gasteiger partial charge in [0.25, 0.3) is 5.91 Å². The van der Waals surface area contributed by atoms with E-state index in [0.29, 0.717) is 11.8 Å². The smallest absolute Gasteiger partial charge is 0.378 e. The summed E-state index contributed by atoms with van der Waals surface area (Å²) >= 11 is 0.677. The number of thioether (sulfide) groups is 1. The highest BCUT2D eigenvalue weighted by atomic mass is 32.2. The van der Waals surface area contributed by atoms with Gasteiger partial charge in [0.2, 0.25) is 5.82 Å². The van der Waals surface area contributed by atoms with E-state index in [-0.39, 0.29) is 11.7 Å². The lowest BCUT2D eigenvalue weighted by Gasteiger charge is -2.31. The maximum absolute atomic E-state index is 13.6. The fourth-order valence-corrected chi connectivity index (χ4v) is 3.60. The molecule has 1 atom stereocenters. The van der Waals surface area contributed by atoms with Crippen LogP contribution in [0.1, 0.15) is 13.8 Å². The number of aromatic nitrogens is 1. The summed E-state index contributed by atoms with van der Waals surface area (Å²) in [5, 5.41) is 9.98. The van der Waals surface area contributed by atoms with Crippen molar-refractivity contribution in [1.82, 2.24) is 4.98 Å². The van der Waals surface area contributed by atoms with Crippen LogP contribution in [0, 0.1) is 16.0 Å². The molecule has 0 spiro atoms. The second-order valence-corrected chi connectivity index (χ2v) is 6.62. The van der Waals surface area contributed by atoms with Crippen LogP contribution in [-0.4, -0.2) is 27.4 Å². The molecule has 0 aromatic carbocycles. The van der Waals surface area contributed by atoms with E-state index in [9.17, 15) is 28.1 Å². The summed E-state index contributed by atoms with van der Waals surface area (Å²) in [5.74, 6) is -2.31. The fourth-order valence-electron chi connectivity index (χ4n) is 2.33. The minimum atomic E-state index is -4.88. The lowest BCUT2D eigenvalue weighted by Crippen LogP contribution is -2.38. The van der Waals surface area contributed by atoms with Crippen LogP contribution in [0.25, 0.3) is 0 Å². The number of anilines is 2. The van der Waals surface area contributed by atoms with Crippen LogP contribution in [0.3, 0.4) is 0 Å². The zero-order valence-electron chi connectivity index (χ0n) is 13.1. The molecule has 1 aromatic rings. The van der Waals surface area contributed by atoms with Gasteiger partial charge in [-0.3, -0.25) is 14.9 Å². The first-order valence-corrected chi connectivity index (χ1v) is 7.81. The van der Waals surface area contributed by atoms with Crippen molar-refractivity contribution in [3.05, 3.63) is 32.8 Å². The van der Waals surface area contributed by atoms with Gasteiger partial charge < -0.3 is 16.4 Å². The number of hydrogen-bond donors (Lipinski definition) is 2. The minimum Gasteiger partial charge on any atom is -0.378 e. The number of nitrogens with zero attached hydrogens (tertiary/aromatic N) is 3. The molecule has 12 heteroatoms. The molecule has 0 bridgehead atoms. The highest BCUT2D eigenvalue weighted by molar-refractivity contribution is 8.05. The maximum atomic E-state index is 13.6. The molecule has 136 valence electrons. The number of carbonyl (C=O) groups is 1. The Bertz CT molecular complexity index is 766. The predicted molar refractivity (Wildman–Crippen MR) is 86.3 cm³/mol. The minimum absolute atomic E-state index is 0.252. The maximum Gasteiger partial charge on any atom is 0.432 e. The van der Waals surface area contributed by atoms with Crippen LogP contribution in [0.2, 0.25) is 0 Å². The van der Waals surface area contributed by atoms with Gasteiger partial charge in [-0.05, 0) is 12.0 Å². The van der Waals surface area contributed by atoms with Gasteiger partial charge in [-0.2, -0.15) is 13.2 Å². The summed E-state index contributed by atoms with van der Waals surface area (Å²) in [6.07, 6.45) is -4.88. The lowest BCUT2D eigenvalue weighted by atomic mass is 10.1. The Morgan fingerprint density at radius 2 is 2.04 bits per heavy atom. The standard InChI is InChI=1S/C13H14F3N5O3S/c1-5(2)12-20(7-4-3-6(21(23)24)10(17)19-7)9(13(14,15)16)8(25-12)11(18)22/h3-5,12H,1-2H3,(H2,17,19)(H2,18,22). The molecule has 2 rings (SSSR count). The molecule has 0 aliphatic carbocycles. The van der Waals surface area contributed by atoms with Gasteiger partial charge in [-0.15, -0.1) is 0 Å². The van der Waals surface area contributed by atoms with Crippen LogP contribution in [0.5, 0.6) is 0 Å². The van der Waals surface area contributed by atoms with E-state index in [4.69, 9.17) is 11.5 Å². The molecule has 1 unspecified atom stereocenters. The number of halogens is 3. The number of hydrogen-bond acceptors (Lipinski definition) is 7. The molecule has 25 heavy (non-hydrogen) atoms. The Labute approximate surface area is 144 Å². The SMILES string of the molecule is CC(C)C1SC(C(N)=O)=C(C(F)(F)F)N1c1ccc([N+](=O)[O-])c(N)n1. The third kappa shape index (κ3) is 3.48. The van der Waals surface area contributed by atoms with Crippen LogP contribution in [0.4, 0.5) is 30.5 Å². The second-order valence-electron chi connectivity index (χ2n) is 5.49. The van der Waals surface area contributed by atoms with E-state index < -0.39 is 44.5 Å². The average Bonchev–Trinajstić information content (AvgIpc) is 2.87. The van der Waals surface area contributed by atoms with Crippen molar-refractivity contribution in [3.8, 4) is 0 Å². The average molecular weight is 377 g/mol. The van der Waals surface area contributed by atoms with Crippen molar-refractivity contribution in [2.75, 3.05) is 10.6 Å². The molecule has 1 amide bonds. The Balaban J connectivity index is 2.66. The molecule has 8 nitrogen and oxygen atoms in total. The fraction of sp³-hybridized carbons (Fsp3) is 0.385. The summed E-state index contributed by atoms with van der Waals surface area (Å²) < 4.78 is 40.7. The number of carbonyl (C=O) groups excluding carboxylic acids is 1. The highest BCUT2D eigenvalue weighted by Gasteiger charge is 2.50. The molecule has 1 aliphatic heterocycles. The number of alkyl halides is 3. The van der Waals surface area contributed by atoms with Gasteiger partial charge in [-0.25, -0.2) is 4.98 Å². The molecular formula is C13H14F3N5O3S. The third-order valence-corrected chi connectivity index (χ3v) is 4.97. The van der Waals surface area contributed by atoms with Crippen molar-refractivity contribution < 1.29 is 22.9 Å². The molecule has 0 saturated carbocycles. The van der Waals surface area contributed by atoms with Crippen molar-refractivity contribution in [2.24, 2.45) is 11.7 Å². The van der Waals surface area contributed by atoms with E-state index in [1.165, 1.54) is 0 Å². The molecular weight excluding hydrogens is 363 g/mol. The largest absolute Gasteiger partial charge is 0.432 e. The summed E-state index contributed by atoms with van der Waals surface area (Å²) in [4.78, 5) is 25.4.